The minimum atomic E-state index is -0.424. The number of ether oxygens (including phenoxy) is 1. The van der Waals surface area contributed by atoms with E-state index >= 15 is 0 Å². The average Bonchev–Trinajstić information content (AvgIpc) is 3.00. The fraction of sp³-hybridized carbons (Fsp3) is 0.455. The highest BCUT2D eigenvalue weighted by Crippen LogP contribution is 2.36. The summed E-state index contributed by atoms with van der Waals surface area (Å²) in [6.07, 6.45) is 2.39. The molecule has 5 nitrogen and oxygen atoms in total. The zero-order chi connectivity index (χ0) is 21.0. The van der Waals surface area contributed by atoms with Crippen LogP contribution in [-0.2, 0) is 35.3 Å². The Bertz CT molecular complexity index is 894. The minimum absolute atomic E-state index is 0.0748. The van der Waals surface area contributed by atoms with Gasteiger partial charge >= 0.3 is 0 Å². The van der Waals surface area contributed by atoms with Crippen LogP contribution in [-0.4, -0.2) is 50.0 Å². The van der Waals surface area contributed by atoms with Gasteiger partial charge in [0.1, 0.15) is 12.3 Å². The summed E-state index contributed by atoms with van der Waals surface area (Å²) in [6.45, 7) is 3.62. The van der Waals surface area contributed by atoms with Crippen LogP contribution in [0.5, 0.6) is 0 Å². The van der Waals surface area contributed by atoms with Crippen LogP contribution in [0.3, 0.4) is 0 Å². The molecule has 0 bridgehead atoms. The molecule has 0 fully saturated rings. The van der Waals surface area contributed by atoms with Crippen LogP contribution in [0.4, 0.5) is 0 Å². The monoisotopic (exact) mass is 435 g/mol. The normalized spacial score (nSPS) is 18.4. The topological polar surface area (TPSA) is 69.4 Å². The molecular formula is C22H28ClN2O3S+. The van der Waals surface area contributed by atoms with Crippen molar-refractivity contribution in [3.8, 4) is 0 Å². The van der Waals surface area contributed by atoms with Crippen molar-refractivity contribution >= 4 is 34.6 Å². The van der Waals surface area contributed by atoms with Crippen molar-refractivity contribution in [2.75, 3.05) is 33.9 Å². The van der Waals surface area contributed by atoms with Gasteiger partial charge in [-0.1, -0.05) is 23.7 Å². The Labute approximate surface area is 181 Å². The number of rotatable bonds is 9. The van der Waals surface area contributed by atoms with Crippen molar-refractivity contribution in [2.24, 2.45) is 5.73 Å². The first-order chi connectivity index (χ1) is 13.8. The lowest BCUT2D eigenvalue weighted by atomic mass is 9.97. The summed E-state index contributed by atoms with van der Waals surface area (Å²) in [5.74, 6) is -0.349. The van der Waals surface area contributed by atoms with Gasteiger partial charge in [-0.15, -0.1) is 11.3 Å². The summed E-state index contributed by atoms with van der Waals surface area (Å²) in [5.41, 5.74) is 8.27. The molecule has 29 heavy (non-hydrogen) atoms. The van der Waals surface area contributed by atoms with Crippen LogP contribution in [0.25, 0.3) is 0 Å². The second-order valence-electron chi connectivity index (χ2n) is 8.01. The molecule has 1 aromatic carbocycles. The highest BCUT2D eigenvalue weighted by atomic mass is 35.5. The summed E-state index contributed by atoms with van der Waals surface area (Å²) >= 11 is 7.49. The van der Waals surface area contributed by atoms with Crippen molar-refractivity contribution in [2.45, 2.75) is 32.2 Å². The summed E-state index contributed by atoms with van der Waals surface area (Å²) in [6, 6.07) is 7.28. The molecule has 0 aliphatic carbocycles. The molecule has 0 spiro atoms. The number of quaternary nitrogens is 1. The van der Waals surface area contributed by atoms with Crippen LogP contribution in [0.1, 0.15) is 37.7 Å². The summed E-state index contributed by atoms with van der Waals surface area (Å²) in [7, 11) is 3.97. The molecule has 1 aliphatic heterocycles. The number of amides is 1. The van der Waals surface area contributed by atoms with E-state index in [4.69, 9.17) is 22.1 Å². The van der Waals surface area contributed by atoms with Gasteiger partial charge in [-0.25, -0.2) is 0 Å². The molecule has 1 amide bonds. The molecule has 0 saturated heterocycles. The van der Waals surface area contributed by atoms with Gasteiger partial charge in [-0.05, 0) is 23.3 Å². The number of nitrogens with zero attached hydrogens (tertiary/aromatic N) is 1. The SMILES string of the molecule is COCCC[N+]1(C)CCc2c(sc(CC(=O)Cc3ccc(Cl)cc3)c2C(N)=O)C1. The lowest BCUT2D eigenvalue weighted by Crippen LogP contribution is -2.48. The van der Waals surface area contributed by atoms with E-state index in [2.05, 4.69) is 7.05 Å². The van der Waals surface area contributed by atoms with Crippen LogP contribution in [0.2, 0.25) is 5.02 Å². The third kappa shape index (κ3) is 5.45. The molecular weight excluding hydrogens is 408 g/mol. The van der Waals surface area contributed by atoms with Gasteiger partial charge in [0.2, 0.25) is 5.91 Å². The van der Waals surface area contributed by atoms with E-state index in [1.165, 1.54) is 4.88 Å². The van der Waals surface area contributed by atoms with Gasteiger partial charge in [-0.2, -0.15) is 0 Å². The van der Waals surface area contributed by atoms with Crippen molar-refractivity contribution in [3.63, 3.8) is 0 Å². The van der Waals surface area contributed by atoms with E-state index in [0.717, 1.165) is 59.6 Å². The Kier molecular flexibility index (Phi) is 7.11. The molecule has 7 heteroatoms. The fourth-order valence-corrected chi connectivity index (χ4v) is 5.72. The van der Waals surface area contributed by atoms with E-state index in [0.29, 0.717) is 17.0 Å². The number of nitrogens with two attached hydrogens (primary N) is 1. The first-order valence-electron chi connectivity index (χ1n) is 9.83. The number of benzene rings is 1. The van der Waals surface area contributed by atoms with Gasteiger partial charge in [0.05, 0.1) is 37.2 Å². The Balaban J connectivity index is 1.76. The summed E-state index contributed by atoms with van der Waals surface area (Å²) in [4.78, 5) is 26.9. The zero-order valence-corrected chi connectivity index (χ0v) is 18.6. The smallest absolute Gasteiger partial charge is 0.250 e. The lowest BCUT2D eigenvalue weighted by Gasteiger charge is -2.37. The maximum absolute atomic E-state index is 12.7. The molecule has 2 N–H and O–H groups in total. The average molecular weight is 436 g/mol. The number of hydrogen-bond donors (Lipinski definition) is 1. The van der Waals surface area contributed by atoms with Crippen LogP contribution >= 0.6 is 22.9 Å². The molecule has 1 aromatic heterocycles. The van der Waals surface area contributed by atoms with E-state index in [-0.39, 0.29) is 12.2 Å². The quantitative estimate of drug-likeness (QED) is 0.484. The van der Waals surface area contributed by atoms with Crippen molar-refractivity contribution in [3.05, 3.63) is 55.7 Å². The third-order valence-electron chi connectivity index (χ3n) is 5.56. The molecule has 156 valence electrons. The van der Waals surface area contributed by atoms with Gasteiger partial charge in [-0.3, -0.25) is 9.59 Å². The number of carbonyl (C=O) groups excluding carboxylic acids is 2. The number of methoxy groups -OCH3 is 1. The Morgan fingerprint density at radius 3 is 2.62 bits per heavy atom. The van der Waals surface area contributed by atoms with E-state index in [9.17, 15) is 9.59 Å². The highest BCUT2D eigenvalue weighted by molar-refractivity contribution is 7.12. The van der Waals surface area contributed by atoms with Crippen LogP contribution in [0, 0.1) is 0 Å². The standard InChI is InChI=1S/C22H27ClN2O3S/c1-25(9-3-11-28-2)10-8-18-20(14-25)29-19(21(18)22(24)27)13-17(26)12-15-4-6-16(23)7-5-15/h4-7H,3,8-14H2,1-2H3,(H-,24,27)/p+1. The molecule has 2 heterocycles. The van der Waals surface area contributed by atoms with Gasteiger partial charge < -0.3 is 15.0 Å². The number of hydrogen-bond acceptors (Lipinski definition) is 4. The molecule has 0 saturated carbocycles. The second-order valence-corrected chi connectivity index (χ2v) is 9.63. The summed E-state index contributed by atoms with van der Waals surface area (Å²) in [5, 5.41) is 0.648. The van der Waals surface area contributed by atoms with Crippen molar-refractivity contribution < 1.29 is 18.8 Å². The lowest BCUT2D eigenvalue weighted by molar-refractivity contribution is -0.924. The van der Waals surface area contributed by atoms with E-state index in [1.54, 1.807) is 30.6 Å². The maximum atomic E-state index is 12.7. The van der Waals surface area contributed by atoms with Gasteiger partial charge in [0.25, 0.3) is 0 Å². The number of primary amides is 1. The zero-order valence-electron chi connectivity index (χ0n) is 17.0. The van der Waals surface area contributed by atoms with E-state index in [1.807, 2.05) is 12.1 Å². The Morgan fingerprint density at radius 1 is 1.24 bits per heavy atom. The van der Waals surface area contributed by atoms with Crippen LogP contribution < -0.4 is 5.73 Å². The Hall–Kier alpha value is -1.73. The van der Waals surface area contributed by atoms with Crippen molar-refractivity contribution in [1.82, 2.24) is 0 Å². The first kappa shape index (κ1) is 22.0. The highest BCUT2D eigenvalue weighted by Gasteiger charge is 2.34. The number of carbonyl (C=O) groups is 2. The molecule has 2 aromatic rings. The number of ketones is 1. The predicted octanol–water partition coefficient (Wildman–Crippen LogP) is 3.39. The third-order valence-corrected chi connectivity index (χ3v) is 7.02. The molecule has 1 unspecified atom stereocenters. The number of Topliss-reactive ketones (excluding diaryl/α,β-unsaturated/α-hetero) is 1. The van der Waals surface area contributed by atoms with E-state index < -0.39 is 5.91 Å². The Morgan fingerprint density at radius 2 is 1.97 bits per heavy atom. The molecule has 0 radical (unpaired) electrons. The minimum Gasteiger partial charge on any atom is -0.384 e. The number of halogens is 1. The van der Waals surface area contributed by atoms with Crippen molar-refractivity contribution in [1.29, 1.82) is 0 Å². The predicted molar refractivity (Wildman–Crippen MR) is 117 cm³/mol. The fourth-order valence-electron chi connectivity index (χ4n) is 4.03. The first-order valence-corrected chi connectivity index (χ1v) is 11.0. The largest absolute Gasteiger partial charge is 0.384 e. The number of likely N-dealkylation sites (N-methyl/N-ethyl adjacent to an activating group) is 1. The maximum Gasteiger partial charge on any atom is 0.250 e. The second kappa shape index (κ2) is 9.39. The van der Waals surface area contributed by atoms with Gasteiger partial charge in [0.15, 0.2) is 0 Å². The number of thiophene rings is 1. The molecule has 3 rings (SSSR count). The molecule has 1 aliphatic rings. The number of fused-ring (bicyclic) bond motifs is 1. The summed E-state index contributed by atoms with van der Waals surface area (Å²) < 4.78 is 6.11. The molecule has 1 atom stereocenters. The van der Waals surface area contributed by atoms with Crippen LogP contribution in [0.15, 0.2) is 24.3 Å². The van der Waals surface area contributed by atoms with Gasteiger partial charge in [0, 0.05) is 42.7 Å².